The molecular formula is C17H21N3O2. The van der Waals surface area contributed by atoms with Gasteiger partial charge in [0, 0.05) is 32.4 Å². The van der Waals surface area contributed by atoms with Crippen LogP contribution in [0.3, 0.4) is 0 Å². The van der Waals surface area contributed by atoms with Crippen LogP contribution in [-0.2, 0) is 13.1 Å². The van der Waals surface area contributed by atoms with E-state index in [1.807, 2.05) is 24.3 Å². The lowest BCUT2D eigenvalue weighted by molar-refractivity contribution is 0.0946. The number of nitrogens with zero attached hydrogens (tertiary/aromatic N) is 1. The molecule has 0 saturated carbocycles. The van der Waals surface area contributed by atoms with Crippen LogP contribution in [-0.4, -0.2) is 40.1 Å². The van der Waals surface area contributed by atoms with E-state index in [4.69, 9.17) is 0 Å². The topological polar surface area (TPSA) is 68.4 Å². The minimum absolute atomic E-state index is 0.101. The van der Waals surface area contributed by atoms with Crippen molar-refractivity contribution in [2.24, 2.45) is 0 Å². The van der Waals surface area contributed by atoms with Crippen molar-refractivity contribution >= 4 is 5.91 Å². The summed E-state index contributed by atoms with van der Waals surface area (Å²) < 4.78 is 0. The SMILES string of the molecule is O=C(NCc1ccccc1CN1CC[C@@H](O)C1)c1ccc[nH]1. The summed E-state index contributed by atoms with van der Waals surface area (Å²) in [5, 5.41) is 12.6. The number of likely N-dealkylation sites (tertiary alicyclic amines) is 1. The molecule has 0 unspecified atom stereocenters. The maximum Gasteiger partial charge on any atom is 0.267 e. The van der Waals surface area contributed by atoms with Crippen LogP contribution in [0, 0.1) is 0 Å². The Morgan fingerprint density at radius 2 is 2.09 bits per heavy atom. The molecule has 1 aliphatic rings. The number of aliphatic hydroxyl groups is 1. The summed E-state index contributed by atoms with van der Waals surface area (Å²) in [6, 6.07) is 11.7. The summed E-state index contributed by atoms with van der Waals surface area (Å²) in [6.45, 7) is 2.96. The van der Waals surface area contributed by atoms with Gasteiger partial charge < -0.3 is 15.4 Å². The quantitative estimate of drug-likeness (QED) is 0.784. The Morgan fingerprint density at radius 1 is 1.27 bits per heavy atom. The van der Waals surface area contributed by atoms with Gasteiger partial charge in [-0.25, -0.2) is 0 Å². The summed E-state index contributed by atoms with van der Waals surface area (Å²) in [6.07, 6.45) is 2.37. The van der Waals surface area contributed by atoms with Crippen LogP contribution >= 0.6 is 0 Å². The summed E-state index contributed by atoms with van der Waals surface area (Å²) in [5.41, 5.74) is 2.88. The molecule has 1 aromatic carbocycles. The number of β-amino-alcohol motifs (C(OH)–C–C–N with tert-alkyl or cyclic N) is 1. The summed E-state index contributed by atoms with van der Waals surface area (Å²) in [7, 11) is 0. The highest BCUT2D eigenvalue weighted by Gasteiger charge is 2.20. The van der Waals surface area contributed by atoms with E-state index in [0.717, 1.165) is 31.6 Å². The smallest absolute Gasteiger partial charge is 0.267 e. The predicted octanol–water partition coefficient (Wildman–Crippen LogP) is 1.51. The molecule has 116 valence electrons. The average Bonchev–Trinajstić information content (AvgIpc) is 3.18. The van der Waals surface area contributed by atoms with Crippen LogP contribution in [0.4, 0.5) is 0 Å². The molecule has 3 N–H and O–H groups in total. The molecule has 1 fully saturated rings. The number of rotatable bonds is 5. The minimum atomic E-state index is -0.209. The van der Waals surface area contributed by atoms with Crippen molar-refractivity contribution in [3.8, 4) is 0 Å². The Labute approximate surface area is 130 Å². The monoisotopic (exact) mass is 299 g/mol. The van der Waals surface area contributed by atoms with E-state index in [0.29, 0.717) is 12.2 Å². The van der Waals surface area contributed by atoms with Crippen molar-refractivity contribution in [2.75, 3.05) is 13.1 Å². The van der Waals surface area contributed by atoms with Crippen LogP contribution in [0.25, 0.3) is 0 Å². The highest BCUT2D eigenvalue weighted by atomic mass is 16.3. The summed E-state index contributed by atoms with van der Waals surface area (Å²) in [5.74, 6) is -0.101. The number of H-pyrrole nitrogens is 1. The number of amides is 1. The number of aromatic amines is 1. The molecule has 3 rings (SSSR count). The van der Waals surface area contributed by atoms with Crippen molar-refractivity contribution < 1.29 is 9.90 Å². The van der Waals surface area contributed by atoms with Gasteiger partial charge in [0.2, 0.25) is 0 Å². The first-order valence-corrected chi connectivity index (χ1v) is 7.61. The number of hydrogen-bond acceptors (Lipinski definition) is 3. The number of aliphatic hydroxyl groups excluding tert-OH is 1. The van der Waals surface area contributed by atoms with Crippen LogP contribution < -0.4 is 5.32 Å². The molecule has 1 atom stereocenters. The van der Waals surface area contributed by atoms with Gasteiger partial charge in [0.1, 0.15) is 5.69 Å². The molecular weight excluding hydrogens is 278 g/mol. The maximum atomic E-state index is 12.0. The Bertz CT molecular complexity index is 625. The first-order chi connectivity index (χ1) is 10.7. The van der Waals surface area contributed by atoms with Crippen molar-refractivity contribution in [1.29, 1.82) is 0 Å². The van der Waals surface area contributed by atoms with Gasteiger partial charge in [-0.3, -0.25) is 9.69 Å². The molecule has 1 aliphatic heterocycles. The summed E-state index contributed by atoms with van der Waals surface area (Å²) in [4.78, 5) is 17.1. The molecule has 22 heavy (non-hydrogen) atoms. The Balaban J connectivity index is 1.62. The fraction of sp³-hybridized carbons (Fsp3) is 0.353. The standard InChI is InChI=1S/C17H21N3O2/c21-15-7-9-20(12-15)11-14-5-2-1-4-13(14)10-19-17(22)16-6-3-8-18-16/h1-6,8,15,18,21H,7,9-12H2,(H,19,22)/t15-/m1/s1. The van der Waals surface area contributed by atoms with Gasteiger partial charge in [0.05, 0.1) is 6.10 Å². The van der Waals surface area contributed by atoms with Crippen LogP contribution in [0.15, 0.2) is 42.6 Å². The van der Waals surface area contributed by atoms with E-state index in [1.165, 1.54) is 5.56 Å². The zero-order valence-electron chi connectivity index (χ0n) is 12.5. The predicted molar refractivity (Wildman–Crippen MR) is 84.3 cm³/mol. The lowest BCUT2D eigenvalue weighted by Crippen LogP contribution is -2.25. The molecule has 0 spiro atoms. The fourth-order valence-electron chi connectivity index (χ4n) is 2.82. The minimum Gasteiger partial charge on any atom is -0.392 e. The van der Waals surface area contributed by atoms with Gasteiger partial charge in [0.25, 0.3) is 5.91 Å². The number of benzene rings is 1. The normalized spacial score (nSPS) is 18.5. The number of nitrogens with one attached hydrogen (secondary N) is 2. The maximum absolute atomic E-state index is 12.0. The second-order valence-electron chi connectivity index (χ2n) is 5.71. The highest BCUT2D eigenvalue weighted by Crippen LogP contribution is 2.16. The second kappa shape index (κ2) is 6.77. The molecule has 0 aliphatic carbocycles. The molecule has 5 heteroatoms. The average molecular weight is 299 g/mol. The third-order valence-electron chi connectivity index (χ3n) is 4.04. The van der Waals surface area contributed by atoms with E-state index in [9.17, 15) is 9.90 Å². The molecule has 0 radical (unpaired) electrons. The first kappa shape index (κ1) is 14.8. The summed E-state index contributed by atoms with van der Waals surface area (Å²) >= 11 is 0. The van der Waals surface area contributed by atoms with Crippen molar-refractivity contribution in [3.63, 3.8) is 0 Å². The van der Waals surface area contributed by atoms with Gasteiger partial charge in [-0.1, -0.05) is 24.3 Å². The van der Waals surface area contributed by atoms with Gasteiger partial charge >= 0.3 is 0 Å². The van der Waals surface area contributed by atoms with Crippen molar-refractivity contribution in [2.45, 2.75) is 25.6 Å². The van der Waals surface area contributed by atoms with Crippen LogP contribution in [0.5, 0.6) is 0 Å². The zero-order valence-corrected chi connectivity index (χ0v) is 12.5. The Hall–Kier alpha value is -2.11. The molecule has 5 nitrogen and oxygen atoms in total. The number of aromatic nitrogens is 1. The number of hydrogen-bond donors (Lipinski definition) is 3. The fourth-order valence-corrected chi connectivity index (χ4v) is 2.82. The second-order valence-corrected chi connectivity index (χ2v) is 5.71. The van der Waals surface area contributed by atoms with Gasteiger partial charge in [0.15, 0.2) is 0 Å². The van der Waals surface area contributed by atoms with Crippen LogP contribution in [0.1, 0.15) is 28.0 Å². The lowest BCUT2D eigenvalue weighted by atomic mass is 10.1. The molecule has 1 saturated heterocycles. The van der Waals surface area contributed by atoms with Crippen LogP contribution in [0.2, 0.25) is 0 Å². The van der Waals surface area contributed by atoms with Gasteiger partial charge in [-0.15, -0.1) is 0 Å². The molecule has 0 bridgehead atoms. The zero-order chi connectivity index (χ0) is 15.4. The third-order valence-corrected chi connectivity index (χ3v) is 4.04. The van der Waals surface area contributed by atoms with E-state index in [2.05, 4.69) is 21.3 Å². The Morgan fingerprint density at radius 3 is 2.77 bits per heavy atom. The number of carbonyl (C=O) groups is 1. The molecule has 1 amide bonds. The largest absolute Gasteiger partial charge is 0.392 e. The molecule has 2 aromatic rings. The van der Waals surface area contributed by atoms with Crippen molar-refractivity contribution in [3.05, 3.63) is 59.4 Å². The van der Waals surface area contributed by atoms with E-state index >= 15 is 0 Å². The van der Waals surface area contributed by atoms with Gasteiger partial charge in [-0.2, -0.15) is 0 Å². The lowest BCUT2D eigenvalue weighted by Gasteiger charge is -2.18. The van der Waals surface area contributed by atoms with E-state index < -0.39 is 0 Å². The molecule has 2 heterocycles. The molecule has 1 aromatic heterocycles. The number of carbonyl (C=O) groups excluding carboxylic acids is 1. The Kier molecular flexibility index (Phi) is 4.56. The van der Waals surface area contributed by atoms with E-state index in [1.54, 1.807) is 12.3 Å². The first-order valence-electron chi connectivity index (χ1n) is 7.61. The van der Waals surface area contributed by atoms with Crippen molar-refractivity contribution in [1.82, 2.24) is 15.2 Å². The third kappa shape index (κ3) is 3.55. The highest BCUT2D eigenvalue weighted by molar-refractivity contribution is 5.92. The van der Waals surface area contributed by atoms with E-state index in [-0.39, 0.29) is 12.0 Å². The van der Waals surface area contributed by atoms with Gasteiger partial charge in [-0.05, 0) is 29.7 Å².